The number of hydrogen-bond donors (Lipinski definition) is 0. The Morgan fingerprint density at radius 2 is 2.06 bits per heavy atom. The molecule has 0 atom stereocenters. The molecule has 0 saturated carbocycles. The topological polar surface area (TPSA) is 42.2 Å². The molecule has 0 bridgehead atoms. The van der Waals surface area contributed by atoms with Crippen molar-refractivity contribution in [2.75, 3.05) is 13.2 Å². The maximum atomic E-state index is 8.87. The second-order valence-corrected chi connectivity index (χ2v) is 4.34. The molecule has 0 N–H and O–H groups in total. The third-order valence-corrected chi connectivity index (χ3v) is 2.69. The van der Waals surface area contributed by atoms with E-state index >= 15 is 0 Å². The molecule has 0 aliphatic rings. The maximum absolute atomic E-state index is 8.87. The van der Waals surface area contributed by atoms with Gasteiger partial charge in [-0.25, -0.2) is 0 Å². The highest BCUT2D eigenvalue weighted by Gasteiger charge is 2.11. The predicted molar refractivity (Wildman–Crippen MR) is 70.8 cm³/mol. The molecule has 0 aliphatic carbocycles. The van der Waals surface area contributed by atoms with Crippen LogP contribution in [0.5, 0.6) is 11.5 Å². The van der Waals surface area contributed by atoms with Crippen molar-refractivity contribution in [1.29, 1.82) is 5.26 Å². The monoisotopic (exact) mass is 331 g/mol. The van der Waals surface area contributed by atoms with E-state index in [0.717, 1.165) is 15.7 Å². The van der Waals surface area contributed by atoms with Crippen LogP contribution in [0.1, 0.15) is 25.8 Å². The summed E-state index contributed by atoms with van der Waals surface area (Å²) in [6.07, 6.45) is 0.946. The third-order valence-electron chi connectivity index (χ3n) is 1.89. The molecule has 1 rings (SSSR count). The van der Waals surface area contributed by atoms with E-state index in [1.807, 2.05) is 6.92 Å². The van der Waals surface area contributed by atoms with Crippen LogP contribution in [0.2, 0.25) is 0 Å². The van der Waals surface area contributed by atoms with Gasteiger partial charge in [0.15, 0.2) is 11.5 Å². The van der Waals surface area contributed by atoms with E-state index in [9.17, 15) is 0 Å². The van der Waals surface area contributed by atoms with Crippen LogP contribution in [0, 0.1) is 14.9 Å². The van der Waals surface area contributed by atoms with Gasteiger partial charge in [0.1, 0.15) is 0 Å². The van der Waals surface area contributed by atoms with Crippen molar-refractivity contribution in [3.63, 3.8) is 0 Å². The molecule has 0 radical (unpaired) electrons. The normalized spacial score (nSPS) is 9.62. The second kappa shape index (κ2) is 6.59. The van der Waals surface area contributed by atoms with Crippen molar-refractivity contribution < 1.29 is 9.47 Å². The Labute approximate surface area is 110 Å². The first kappa shape index (κ1) is 13.1. The Morgan fingerprint density at radius 1 is 1.31 bits per heavy atom. The van der Waals surface area contributed by atoms with E-state index in [0.29, 0.717) is 24.5 Å². The minimum absolute atomic E-state index is 0.563. The molecular formula is C12H14INO2. The van der Waals surface area contributed by atoms with Crippen molar-refractivity contribution in [3.8, 4) is 17.6 Å². The van der Waals surface area contributed by atoms with E-state index in [2.05, 4.69) is 35.6 Å². The summed E-state index contributed by atoms with van der Waals surface area (Å²) in [7, 11) is 0. The Kier molecular flexibility index (Phi) is 5.39. The Bertz CT molecular complexity index is 399. The summed E-state index contributed by atoms with van der Waals surface area (Å²) in [6, 6.07) is 5.63. The zero-order valence-corrected chi connectivity index (χ0v) is 11.6. The van der Waals surface area contributed by atoms with E-state index in [-0.39, 0.29) is 0 Å². The van der Waals surface area contributed by atoms with Gasteiger partial charge in [0, 0.05) is 6.07 Å². The van der Waals surface area contributed by atoms with Crippen LogP contribution in [-0.4, -0.2) is 13.2 Å². The average Bonchev–Trinajstić information content (AvgIpc) is 2.28. The van der Waals surface area contributed by atoms with Gasteiger partial charge in [-0.1, -0.05) is 6.92 Å². The van der Waals surface area contributed by atoms with Crippen LogP contribution in [0.25, 0.3) is 0 Å². The largest absolute Gasteiger partial charge is 0.490 e. The number of ether oxygens (including phenoxy) is 2. The lowest BCUT2D eigenvalue weighted by atomic mass is 10.2. The summed E-state index contributed by atoms with van der Waals surface area (Å²) in [4.78, 5) is 0. The van der Waals surface area contributed by atoms with Gasteiger partial charge in [0.2, 0.25) is 0 Å². The fourth-order valence-electron chi connectivity index (χ4n) is 1.24. The van der Waals surface area contributed by atoms with E-state index < -0.39 is 0 Å². The van der Waals surface area contributed by atoms with Crippen LogP contribution in [0.15, 0.2) is 12.1 Å². The zero-order valence-electron chi connectivity index (χ0n) is 9.42. The predicted octanol–water partition coefficient (Wildman–Crippen LogP) is 3.35. The van der Waals surface area contributed by atoms with Crippen molar-refractivity contribution in [2.45, 2.75) is 20.3 Å². The molecule has 4 heteroatoms. The molecule has 0 spiro atoms. The van der Waals surface area contributed by atoms with Crippen LogP contribution in [0.4, 0.5) is 0 Å². The van der Waals surface area contributed by atoms with Gasteiger partial charge in [-0.05, 0) is 42.0 Å². The fraction of sp³-hybridized carbons (Fsp3) is 0.417. The van der Waals surface area contributed by atoms with E-state index in [1.54, 1.807) is 12.1 Å². The average molecular weight is 331 g/mol. The highest BCUT2D eigenvalue weighted by Crippen LogP contribution is 2.34. The molecule has 0 saturated heterocycles. The smallest absolute Gasteiger partial charge is 0.174 e. The molecule has 16 heavy (non-hydrogen) atoms. The molecular weight excluding hydrogens is 317 g/mol. The Morgan fingerprint density at radius 3 is 2.62 bits per heavy atom. The minimum Gasteiger partial charge on any atom is -0.490 e. The summed E-state index contributed by atoms with van der Waals surface area (Å²) >= 11 is 2.16. The zero-order chi connectivity index (χ0) is 12.0. The van der Waals surface area contributed by atoms with Gasteiger partial charge < -0.3 is 9.47 Å². The molecule has 86 valence electrons. The van der Waals surface area contributed by atoms with Crippen molar-refractivity contribution in [3.05, 3.63) is 21.3 Å². The quantitative estimate of drug-likeness (QED) is 0.777. The van der Waals surface area contributed by atoms with Crippen LogP contribution in [0.3, 0.4) is 0 Å². The van der Waals surface area contributed by atoms with Gasteiger partial charge in [-0.3, -0.25) is 0 Å². The summed E-state index contributed by atoms with van der Waals surface area (Å²) in [5, 5.41) is 8.87. The lowest BCUT2D eigenvalue weighted by Gasteiger charge is -2.13. The van der Waals surface area contributed by atoms with Gasteiger partial charge in [0.05, 0.1) is 28.4 Å². The number of rotatable bonds is 5. The van der Waals surface area contributed by atoms with Crippen LogP contribution < -0.4 is 9.47 Å². The first-order chi connectivity index (χ1) is 7.72. The second-order valence-electron chi connectivity index (χ2n) is 3.18. The standard InChI is InChI=1S/C12H14INO2/c1-3-5-16-12-10(13)6-9(8-14)7-11(12)15-4-2/h6-7H,3-5H2,1-2H3. The maximum Gasteiger partial charge on any atom is 0.174 e. The highest BCUT2D eigenvalue weighted by molar-refractivity contribution is 14.1. The summed E-state index contributed by atoms with van der Waals surface area (Å²) < 4.78 is 12.0. The highest BCUT2D eigenvalue weighted by atomic mass is 127. The molecule has 0 unspecified atom stereocenters. The van der Waals surface area contributed by atoms with Crippen LogP contribution in [-0.2, 0) is 0 Å². The van der Waals surface area contributed by atoms with Gasteiger partial charge in [-0.2, -0.15) is 5.26 Å². The summed E-state index contributed by atoms with van der Waals surface area (Å²) in [5.74, 6) is 1.39. The van der Waals surface area contributed by atoms with Crippen LogP contribution >= 0.6 is 22.6 Å². The van der Waals surface area contributed by atoms with Crippen molar-refractivity contribution in [2.24, 2.45) is 0 Å². The number of halogens is 1. The van der Waals surface area contributed by atoms with E-state index in [1.165, 1.54) is 0 Å². The Hall–Kier alpha value is -0.960. The molecule has 0 fully saturated rings. The van der Waals surface area contributed by atoms with Gasteiger partial charge >= 0.3 is 0 Å². The van der Waals surface area contributed by atoms with Crippen molar-refractivity contribution in [1.82, 2.24) is 0 Å². The molecule has 3 nitrogen and oxygen atoms in total. The van der Waals surface area contributed by atoms with Crippen molar-refractivity contribution >= 4 is 22.6 Å². The molecule has 1 aromatic carbocycles. The molecule has 0 heterocycles. The number of nitriles is 1. The Balaban J connectivity index is 3.07. The fourth-order valence-corrected chi connectivity index (χ4v) is 2.00. The third kappa shape index (κ3) is 3.27. The lowest BCUT2D eigenvalue weighted by Crippen LogP contribution is -2.02. The first-order valence-corrected chi connectivity index (χ1v) is 6.30. The number of benzene rings is 1. The summed E-state index contributed by atoms with van der Waals surface area (Å²) in [5.41, 5.74) is 0.594. The number of hydrogen-bond acceptors (Lipinski definition) is 3. The molecule has 0 aliphatic heterocycles. The molecule has 0 amide bonds. The number of nitrogens with zero attached hydrogens (tertiary/aromatic N) is 1. The SMILES string of the molecule is CCCOc1c(I)cc(C#N)cc1OCC. The summed E-state index contributed by atoms with van der Waals surface area (Å²) in [6.45, 7) is 5.18. The van der Waals surface area contributed by atoms with Gasteiger partial charge in [-0.15, -0.1) is 0 Å². The van der Waals surface area contributed by atoms with E-state index in [4.69, 9.17) is 14.7 Å². The van der Waals surface area contributed by atoms with Gasteiger partial charge in [0.25, 0.3) is 0 Å². The molecule has 1 aromatic rings. The lowest BCUT2D eigenvalue weighted by molar-refractivity contribution is 0.275. The molecule has 0 aromatic heterocycles. The minimum atomic E-state index is 0.563. The first-order valence-electron chi connectivity index (χ1n) is 5.22.